The van der Waals surface area contributed by atoms with Crippen molar-refractivity contribution in [2.24, 2.45) is 0 Å². The Kier molecular flexibility index (Phi) is 5.17. The number of carbonyl (C=O) groups excluding carboxylic acids is 2. The first-order chi connectivity index (χ1) is 14.0. The SMILES string of the molecule is COc1ccc(C(=O)c2ccc(-c3cc(C(=O)NC4CC4)ccc3C)cc2)cc1. The summed E-state index contributed by atoms with van der Waals surface area (Å²) >= 11 is 0. The molecule has 1 N–H and O–H groups in total. The summed E-state index contributed by atoms with van der Waals surface area (Å²) in [6, 6.07) is 20.7. The van der Waals surface area contributed by atoms with Gasteiger partial charge in [0.05, 0.1) is 7.11 Å². The molecule has 0 spiro atoms. The molecule has 0 radical (unpaired) electrons. The van der Waals surface area contributed by atoms with Gasteiger partial charge in [-0.05, 0) is 72.9 Å². The van der Waals surface area contributed by atoms with Crippen molar-refractivity contribution < 1.29 is 14.3 Å². The van der Waals surface area contributed by atoms with Crippen LogP contribution in [0, 0.1) is 6.92 Å². The third kappa shape index (κ3) is 4.21. The molecule has 3 aromatic carbocycles. The van der Waals surface area contributed by atoms with E-state index in [0.29, 0.717) is 22.7 Å². The Labute approximate surface area is 170 Å². The van der Waals surface area contributed by atoms with Crippen LogP contribution in [0.25, 0.3) is 11.1 Å². The van der Waals surface area contributed by atoms with Crippen LogP contribution >= 0.6 is 0 Å². The predicted molar refractivity (Wildman–Crippen MR) is 114 cm³/mol. The number of benzene rings is 3. The number of hydrogen-bond acceptors (Lipinski definition) is 3. The second-order valence-electron chi connectivity index (χ2n) is 7.41. The number of ketones is 1. The summed E-state index contributed by atoms with van der Waals surface area (Å²) in [4.78, 5) is 25.1. The Morgan fingerprint density at radius 1 is 0.862 bits per heavy atom. The lowest BCUT2D eigenvalue weighted by Crippen LogP contribution is -2.25. The molecule has 0 bridgehead atoms. The number of methoxy groups -OCH3 is 1. The van der Waals surface area contributed by atoms with E-state index >= 15 is 0 Å². The summed E-state index contributed by atoms with van der Waals surface area (Å²) < 4.78 is 5.14. The van der Waals surface area contributed by atoms with E-state index in [9.17, 15) is 9.59 Å². The van der Waals surface area contributed by atoms with E-state index in [1.807, 2.05) is 49.4 Å². The van der Waals surface area contributed by atoms with Gasteiger partial charge in [-0.3, -0.25) is 9.59 Å². The highest BCUT2D eigenvalue weighted by atomic mass is 16.5. The zero-order valence-corrected chi connectivity index (χ0v) is 16.6. The van der Waals surface area contributed by atoms with Crippen LogP contribution in [-0.2, 0) is 0 Å². The second-order valence-corrected chi connectivity index (χ2v) is 7.41. The van der Waals surface area contributed by atoms with Gasteiger partial charge >= 0.3 is 0 Å². The van der Waals surface area contributed by atoms with Crippen molar-refractivity contribution in [2.75, 3.05) is 7.11 Å². The summed E-state index contributed by atoms with van der Waals surface area (Å²) in [5.41, 5.74) is 4.97. The fourth-order valence-electron chi connectivity index (χ4n) is 3.28. The fourth-order valence-corrected chi connectivity index (χ4v) is 3.28. The van der Waals surface area contributed by atoms with Gasteiger partial charge in [0.2, 0.25) is 0 Å². The molecular weight excluding hydrogens is 362 g/mol. The molecule has 29 heavy (non-hydrogen) atoms. The maximum Gasteiger partial charge on any atom is 0.251 e. The molecule has 3 aromatic rings. The van der Waals surface area contributed by atoms with Crippen LogP contribution in [0.5, 0.6) is 5.75 Å². The van der Waals surface area contributed by atoms with E-state index in [1.54, 1.807) is 31.4 Å². The Hall–Kier alpha value is -3.40. The summed E-state index contributed by atoms with van der Waals surface area (Å²) in [5, 5.41) is 3.03. The molecule has 4 heteroatoms. The number of rotatable bonds is 6. The highest BCUT2D eigenvalue weighted by Crippen LogP contribution is 2.27. The first-order valence-corrected chi connectivity index (χ1v) is 9.76. The predicted octanol–water partition coefficient (Wildman–Crippen LogP) is 4.79. The smallest absolute Gasteiger partial charge is 0.251 e. The van der Waals surface area contributed by atoms with Crippen LogP contribution in [0.15, 0.2) is 66.7 Å². The van der Waals surface area contributed by atoms with Gasteiger partial charge in [0.1, 0.15) is 5.75 Å². The maximum atomic E-state index is 12.7. The normalized spacial score (nSPS) is 13.0. The molecular formula is C25H23NO3. The van der Waals surface area contributed by atoms with Gasteiger partial charge < -0.3 is 10.1 Å². The Morgan fingerprint density at radius 2 is 1.45 bits per heavy atom. The molecule has 4 nitrogen and oxygen atoms in total. The highest BCUT2D eigenvalue weighted by Gasteiger charge is 2.24. The Bertz CT molecular complexity index is 1050. The molecule has 1 fully saturated rings. The van der Waals surface area contributed by atoms with Crippen LogP contribution in [0.4, 0.5) is 0 Å². The van der Waals surface area contributed by atoms with Gasteiger partial charge in [-0.1, -0.05) is 30.3 Å². The first kappa shape index (κ1) is 18.9. The zero-order chi connectivity index (χ0) is 20.4. The van der Waals surface area contributed by atoms with E-state index in [4.69, 9.17) is 4.74 Å². The lowest BCUT2D eigenvalue weighted by molar-refractivity contribution is 0.0950. The van der Waals surface area contributed by atoms with Crippen LogP contribution in [-0.4, -0.2) is 24.8 Å². The molecule has 0 heterocycles. The van der Waals surface area contributed by atoms with Crippen molar-refractivity contribution in [1.29, 1.82) is 0 Å². The number of amides is 1. The van der Waals surface area contributed by atoms with Crippen molar-refractivity contribution in [3.8, 4) is 16.9 Å². The molecule has 1 saturated carbocycles. The van der Waals surface area contributed by atoms with Crippen molar-refractivity contribution >= 4 is 11.7 Å². The van der Waals surface area contributed by atoms with Crippen molar-refractivity contribution in [3.63, 3.8) is 0 Å². The molecule has 0 unspecified atom stereocenters. The summed E-state index contributed by atoms with van der Waals surface area (Å²) in [7, 11) is 1.60. The van der Waals surface area contributed by atoms with E-state index in [0.717, 1.165) is 35.3 Å². The Balaban J connectivity index is 1.56. The summed E-state index contributed by atoms with van der Waals surface area (Å²) in [6.45, 7) is 2.02. The van der Waals surface area contributed by atoms with Crippen LogP contribution in [0.2, 0.25) is 0 Å². The van der Waals surface area contributed by atoms with Crippen molar-refractivity contribution in [2.45, 2.75) is 25.8 Å². The maximum absolute atomic E-state index is 12.7. The minimum atomic E-state index is -0.0338. The summed E-state index contributed by atoms with van der Waals surface area (Å²) in [6.07, 6.45) is 2.13. The average Bonchev–Trinajstić information content (AvgIpc) is 3.58. The van der Waals surface area contributed by atoms with E-state index < -0.39 is 0 Å². The quantitative estimate of drug-likeness (QED) is 0.621. The lowest BCUT2D eigenvalue weighted by Gasteiger charge is -2.10. The van der Waals surface area contributed by atoms with Gasteiger partial charge in [-0.2, -0.15) is 0 Å². The van der Waals surface area contributed by atoms with Crippen LogP contribution in [0.1, 0.15) is 44.7 Å². The summed E-state index contributed by atoms with van der Waals surface area (Å²) in [5.74, 6) is 0.659. The average molecular weight is 385 g/mol. The van der Waals surface area contributed by atoms with Crippen LogP contribution in [0.3, 0.4) is 0 Å². The number of carbonyl (C=O) groups is 2. The molecule has 0 aromatic heterocycles. The van der Waals surface area contributed by atoms with E-state index in [1.165, 1.54) is 0 Å². The minimum Gasteiger partial charge on any atom is -0.497 e. The van der Waals surface area contributed by atoms with Crippen molar-refractivity contribution in [1.82, 2.24) is 5.32 Å². The third-order valence-electron chi connectivity index (χ3n) is 5.22. The van der Waals surface area contributed by atoms with Crippen LogP contribution < -0.4 is 10.1 Å². The molecule has 1 aliphatic carbocycles. The zero-order valence-electron chi connectivity index (χ0n) is 16.6. The van der Waals surface area contributed by atoms with Gasteiger partial charge in [0, 0.05) is 22.7 Å². The largest absolute Gasteiger partial charge is 0.497 e. The molecule has 0 aliphatic heterocycles. The lowest BCUT2D eigenvalue weighted by atomic mass is 9.95. The fraction of sp³-hybridized carbons (Fsp3) is 0.200. The number of hydrogen-bond donors (Lipinski definition) is 1. The molecule has 1 aliphatic rings. The van der Waals surface area contributed by atoms with E-state index in [2.05, 4.69) is 5.32 Å². The Morgan fingerprint density at radius 3 is 2.03 bits per heavy atom. The van der Waals surface area contributed by atoms with Gasteiger partial charge in [-0.25, -0.2) is 0 Å². The molecule has 0 saturated heterocycles. The number of nitrogens with one attached hydrogen (secondary N) is 1. The molecule has 4 rings (SSSR count). The van der Waals surface area contributed by atoms with E-state index in [-0.39, 0.29) is 11.7 Å². The van der Waals surface area contributed by atoms with Crippen molar-refractivity contribution in [3.05, 3.63) is 89.0 Å². The molecule has 146 valence electrons. The first-order valence-electron chi connectivity index (χ1n) is 9.76. The van der Waals surface area contributed by atoms with Gasteiger partial charge in [0.25, 0.3) is 5.91 Å². The third-order valence-corrected chi connectivity index (χ3v) is 5.22. The topological polar surface area (TPSA) is 55.4 Å². The second kappa shape index (κ2) is 7.92. The standard InChI is InChI=1S/C25H23NO3/c1-16-3-4-20(25(28)26-21-11-12-21)15-23(16)17-5-7-18(8-6-17)24(27)19-9-13-22(29-2)14-10-19/h3-10,13-15,21H,11-12H2,1-2H3,(H,26,28). The molecule has 1 amide bonds. The highest BCUT2D eigenvalue weighted by molar-refractivity contribution is 6.09. The monoisotopic (exact) mass is 385 g/mol. The van der Waals surface area contributed by atoms with Gasteiger partial charge in [-0.15, -0.1) is 0 Å². The number of aryl methyl sites for hydroxylation is 1. The molecule has 0 atom stereocenters. The van der Waals surface area contributed by atoms with Gasteiger partial charge in [0.15, 0.2) is 5.78 Å². The number of ether oxygens (including phenoxy) is 1. The minimum absolute atomic E-state index is 0.0277.